The van der Waals surface area contributed by atoms with E-state index in [-0.39, 0.29) is 11.8 Å². The summed E-state index contributed by atoms with van der Waals surface area (Å²) in [5.41, 5.74) is 2.05. The average molecular weight is 304 g/mol. The van der Waals surface area contributed by atoms with Crippen LogP contribution in [0.1, 0.15) is 52.5 Å². The quantitative estimate of drug-likeness (QED) is 0.774. The second kappa shape index (κ2) is 8.57. The van der Waals surface area contributed by atoms with Crippen molar-refractivity contribution in [2.24, 2.45) is 0 Å². The van der Waals surface area contributed by atoms with Crippen molar-refractivity contribution in [2.75, 3.05) is 24.5 Å². The molecule has 0 aromatic heterocycles. The molecule has 0 spiro atoms. The third-order valence-corrected chi connectivity index (χ3v) is 3.90. The fourth-order valence-corrected chi connectivity index (χ4v) is 2.61. The predicted molar refractivity (Wildman–Crippen MR) is 91.1 cm³/mol. The summed E-state index contributed by atoms with van der Waals surface area (Å²) in [6, 6.07) is 7.92. The summed E-state index contributed by atoms with van der Waals surface area (Å²) >= 11 is 0. The Morgan fingerprint density at radius 3 is 2.18 bits per heavy atom. The lowest BCUT2D eigenvalue weighted by Gasteiger charge is -2.26. The van der Waals surface area contributed by atoms with Gasteiger partial charge in [0.25, 0.3) is 0 Å². The van der Waals surface area contributed by atoms with Crippen LogP contribution in [0.3, 0.4) is 0 Å². The fourth-order valence-electron chi connectivity index (χ4n) is 2.61. The summed E-state index contributed by atoms with van der Waals surface area (Å²) in [4.78, 5) is 27.7. The van der Waals surface area contributed by atoms with Gasteiger partial charge >= 0.3 is 0 Å². The number of para-hydroxylation sites is 1. The summed E-state index contributed by atoms with van der Waals surface area (Å²) in [6.45, 7) is 11.6. The molecule has 0 saturated heterocycles. The zero-order valence-corrected chi connectivity index (χ0v) is 14.4. The van der Waals surface area contributed by atoms with Gasteiger partial charge in [-0.15, -0.1) is 0 Å². The second-order valence-electron chi connectivity index (χ2n) is 5.70. The minimum absolute atomic E-state index is 0.0274. The van der Waals surface area contributed by atoms with Gasteiger partial charge in [-0.1, -0.05) is 32.0 Å². The highest BCUT2D eigenvalue weighted by molar-refractivity contribution is 5.93. The smallest absolute Gasteiger partial charge is 0.224 e. The van der Waals surface area contributed by atoms with Crippen LogP contribution in [0.15, 0.2) is 24.3 Å². The molecule has 122 valence electrons. The van der Waals surface area contributed by atoms with Gasteiger partial charge in [0.2, 0.25) is 11.8 Å². The minimum Gasteiger partial charge on any atom is -0.343 e. The van der Waals surface area contributed by atoms with E-state index >= 15 is 0 Å². The fraction of sp³-hybridized carbons (Fsp3) is 0.556. The molecule has 0 bridgehead atoms. The van der Waals surface area contributed by atoms with Crippen LogP contribution < -0.4 is 4.90 Å². The van der Waals surface area contributed by atoms with E-state index in [0.29, 0.717) is 32.0 Å². The first-order chi connectivity index (χ1) is 10.4. The van der Waals surface area contributed by atoms with Crippen LogP contribution in [0, 0.1) is 0 Å². The van der Waals surface area contributed by atoms with Gasteiger partial charge in [-0.2, -0.15) is 0 Å². The molecule has 22 heavy (non-hydrogen) atoms. The Hall–Kier alpha value is -1.84. The molecule has 0 aliphatic carbocycles. The molecule has 0 radical (unpaired) electrons. The second-order valence-corrected chi connectivity index (χ2v) is 5.70. The van der Waals surface area contributed by atoms with Crippen molar-refractivity contribution in [1.82, 2.24) is 4.90 Å². The molecular weight excluding hydrogens is 276 g/mol. The van der Waals surface area contributed by atoms with Crippen LogP contribution in [-0.4, -0.2) is 36.3 Å². The third kappa shape index (κ3) is 4.58. The zero-order chi connectivity index (χ0) is 16.7. The van der Waals surface area contributed by atoms with E-state index in [4.69, 9.17) is 0 Å². The van der Waals surface area contributed by atoms with Gasteiger partial charge in [-0.3, -0.25) is 9.59 Å². The van der Waals surface area contributed by atoms with E-state index < -0.39 is 0 Å². The van der Waals surface area contributed by atoms with E-state index in [9.17, 15) is 9.59 Å². The van der Waals surface area contributed by atoms with E-state index in [0.717, 1.165) is 11.3 Å². The standard InChI is InChI=1S/C18H28N2O2/c1-6-19(7-2)18(22)12-13-20(15(5)21)17-11-9-8-10-16(17)14(3)4/h8-11,14H,6-7,12-13H2,1-5H3. The molecular formula is C18H28N2O2. The maximum atomic E-state index is 12.2. The van der Waals surface area contributed by atoms with Crippen molar-refractivity contribution in [1.29, 1.82) is 0 Å². The van der Waals surface area contributed by atoms with Crippen molar-refractivity contribution < 1.29 is 9.59 Å². The Morgan fingerprint density at radius 2 is 1.68 bits per heavy atom. The summed E-state index contributed by atoms with van der Waals surface area (Å²) in [5, 5.41) is 0. The molecule has 1 aromatic rings. The van der Waals surface area contributed by atoms with Crippen LogP contribution in [0.2, 0.25) is 0 Å². The molecule has 0 heterocycles. The molecule has 0 atom stereocenters. The van der Waals surface area contributed by atoms with Crippen molar-refractivity contribution in [3.8, 4) is 0 Å². The maximum Gasteiger partial charge on any atom is 0.224 e. The number of hydrogen-bond donors (Lipinski definition) is 0. The maximum absolute atomic E-state index is 12.2. The van der Waals surface area contributed by atoms with Gasteiger partial charge in [0, 0.05) is 38.7 Å². The van der Waals surface area contributed by atoms with Crippen LogP contribution in [0.4, 0.5) is 5.69 Å². The van der Waals surface area contributed by atoms with Crippen molar-refractivity contribution in [2.45, 2.75) is 47.0 Å². The number of anilines is 1. The molecule has 0 saturated carbocycles. The number of rotatable bonds is 7. The molecule has 0 fully saturated rings. The number of benzene rings is 1. The van der Waals surface area contributed by atoms with Crippen molar-refractivity contribution >= 4 is 17.5 Å². The van der Waals surface area contributed by atoms with E-state index in [1.54, 1.807) is 16.7 Å². The van der Waals surface area contributed by atoms with Gasteiger partial charge in [0.1, 0.15) is 0 Å². The SMILES string of the molecule is CCN(CC)C(=O)CCN(C(C)=O)c1ccccc1C(C)C. The molecule has 0 unspecified atom stereocenters. The summed E-state index contributed by atoms with van der Waals surface area (Å²) < 4.78 is 0. The first-order valence-electron chi connectivity index (χ1n) is 8.07. The number of hydrogen-bond acceptors (Lipinski definition) is 2. The average Bonchev–Trinajstić information content (AvgIpc) is 2.48. The van der Waals surface area contributed by atoms with Gasteiger partial charge < -0.3 is 9.80 Å². The van der Waals surface area contributed by atoms with Gasteiger partial charge in [0.05, 0.1) is 0 Å². The van der Waals surface area contributed by atoms with Gasteiger partial charge in [0.15, 0.2) is 0 Å². The Bertz CT molecular complexity index is 508. The number of nitrogens with zero attached hydrogens (tertiary/aromatic N) is 2. The topological polar surface area (TPSA) is 40.6 Å². The first kappa shape index (κ1) is 18.2. The van der Waals surface area contributed by atoms with Crippen LogP contribution in [-0.2, 0) is 9.59 Å². The highest BCUT2D eigenvalue weighted by atomic mass is 16.2. The predicted octanol–water partition coefficient (Wildman–Crippen LogP) is 3.42. The number of carbonyl (C=O) groups is 2. The minimum atomic E-state index is -0.0274. The van der Waals surface area contributed by atoms with E-state index in [2.05, 4.69) is 13.8 Å². The van der Waals surface area contributed by atoms with Crippen LogP contribution in [0.25, 0.3) is 0 Å². The third-order valence-electron chi connectivity index (χ3n) is 3.90. The zero-order valence-electron chi connectivity index (χ0n) is 14.4. The summed E-state index contributed by atoms with van der Waals surface area (Å²) in [7, 11) is 0. The Kier molecular flexibility index (Phi) is 7.09. The molecule has 4 nitrogen and oxygen atoms in total. The lowest BCUT2D eigenvalue weighted by molar-refractivity contribution is -0.130. The molecule has 4 heteroatoms. The van der Waals surface area contributed by atoms with E-state index in [1.165, 1.54) is 0 Å². The largest absolute Gasteiger partial charge is 0.343 e. The van der Waals surface area contributed by atoms with Crippen molar-refractivity contribution in [3.05, 3.63) is 29.8 Å². The van der Waals surface area contributed by atoms with Gasteiger partial charge in [-0.25, -0.2) is 0 Å². The summed E-state index contributed by atoms with van der Waals surface area (Å²) in [6.07, 6.45) is 0.355. The van der Waals surface area contributed by atoms with E-state index in [1.807, 2.05) is 38.1 Å². The molecule has 0 aliphatic heterocycles. The Balaban J connectivity index is 2.92. The number of carbonyl (C=O) groups excluding carboxylic acids is 2. The molecule has 1 aromatic carbocycles. The normalized spacial score (nSPS) is 10.6. The lowest BCUT2D eigenvalue weighted by Crippen LogP contribution is -2.36. The molecule has 0 N–H and O–H groups in total. The van der Waals surface area contributed by atoms with Crippen LogP contribution >= 0.6 is 0 Å². The Labute approximate surface area is 134 Å². The first-order valence-corrected chi connectivity index (χ1v) is 8.07. The Morgan fingerprint density at radius 1 is 1.09 bits per heavy atom. The summed E-state index contributed by atoms with van der Waals surface area (Å²) in [5.74, 6) is 0.398. The highest BCUT2D eigenvalue weighted by Crippen LogP contribution is 2.27. The van der Waals surface area contributed by atoms with Gasteiger partial charge in [-0.05, 0) is 31.4 Å². The lowest BCUT2D eigenvalue weighted by atomic mass is 10.0. The number of amides is 2. The molecule has 1 rings (SSSR count). The molecule has 0 aliphatic rings. The van der Waals surface area contributed by atoms with Crippen molar-refractivity contribution in [3.63, 3.8) is 0 Å². The van der Waals surface area contributed by atoms with Crippen LogP contribution in [0.5, 0.6) is 0 Å². The molecule has 2 amide bonds. The monoisotopic (exact) mass is 304 g/mol. The highest BCUT2D eigenvalue weighted by Gasteiger charge is 2.19.